The van der Waals surface area contributed by atoms with E-state index < -0.39 is 45.3 Å². The van der Waals surface area contributed by atoms with Crippen LogP contribution in [-0.2, 0) is 14.6 Å². The summed E-state index contributed by atoms with van der Waals surface area (Å²) in [7, 11) is -3.94. The van der Waals surface area contributed by atoms with Crippen molar-refractivity contribution in [1.29, 1.82) is 0 Å². The molecule has 0 fully saturated rings. The van der Waals surface area contributed by atoms with Crippen LogP contribution in [0.25, 0.3) is 0 Å². The zero-order valence-electron chi connectivity index (χ0n) is 9.66. The molecular weight excluding hydrogens is 299 g/mol. The third-order valence-corrected chi connectivity index (χ3v) is 5.02. The largest absolute Gasteiger partial charge is 0.481 e. The van der Waals surface area contributed by atoms with Crippen molar-refractivity contribution < 1.29 is 27.8 Å². The van der Waals surface area contributed by atoms with Gasteiger partial charge in [-0.05, 0) is 24.3 Å². The molecule has 1 rings (SSSR count). The van der Waals surface area contributed by atoms with Crippen LogP contribution >= 0.6 is 11.6 Å². The Kier molecular flexibility index (Phi) is 5.28. The molecule has 0 aliphatic rings. The van der Waals surface area contributed by atoms with Gasteiger partial charge >= 0.3 is 5.97 Å². The molecule has 0 heterocycles. The number of carboxylic acid groups (broad SMARTS) is 1. The highest BCUT2D eigenvalue weighted by molar-refractivity contribution is 7.93. The summed E-state index contributed by atoms with van der Waals surface area (Å²) in [6.07, 6.45) is -2.38. The van der Waals surface area contributed by atoms with Gasteiger partial charge < -0.3 is 10.2 Å². The van der Waals surface area contributed by atoms with Gasteiger partial charge in [-0.1, -0.05) is 0 Å². The smallest absolute Gasteiger partial charge is 0.305 e. The number of aliphatic hydroxyl groups excluding tert-OH is 1. The highest BCUT2D eigenvalue weighted by Crippen LogP contribution is 2.23. The summed E-state index contributed by atoms with van der Waals surface area (Å²) >= 11 is 5.69. The first-order valence-electron chi connectivity index (χ1n) is 5.27. The first kappa shape index (κ1) is 15.9. The second kappa shape index (κ2) is 6.31. The van der Waals surface area contributed by atoms with Crippen LogP contribution in [0.5, 0.6) is 0 Å². The summed E-state index contributed by atoms with van der Waals surface area (Å²) < 4.78 is 35.1. The van der Waals surface area contributed by atoms with Crippen molar-refractivity contribution in [3.63, 3.8) is 0 Å². The Labute approximate surface area is 114 Å². The third kappa shape index (κ3) is 4.45. The van der Waals surface area contributed by atoms with Crippen molar-refractivity contribution in [2.24, 2.45) is 0 Å². The number of sulfone groups is 1. The molecule has 0 aliphatic carbocycles. The minimum absolute atomic E-state index is 0.184. The summed E-state index contributed by atoms with van der Waals surface area (Å²) in [5.41, 5.74) is 0. The zero-order valence-corrected chi connectivity index (χ0v) is 11.2. The number of hydrogen-bond acceptors (Lipinski definition) is 4. The molecule has 1 aromatic rings. The maximum Gasteiger partial charge on any atom is 0.305 e. The Hall–Kier alpha value is -1.18. The van der Waals surface area contributed by atoms with Gasteiger partial charge in [-0.25, -0.2) is 12.8 Å². The number of carboxylic acids is 1. The second-order valence-corrected chi connectivity index (χ2v) is 6.81. The average Bonchev–Trinajstić information content (AvgIpc) is 2.28. The van der Waals surface area contributed by atoms with Gasteiger partial charge in [0.25, 0.3) is 0 Å². The maximum absolute atomic E-state index is 12.7. The average molecular weight is 311 g/mol. The molecule has 5 nitrogen and oxygen atoms in total. The van der Waals surface area contributed by atoms with E-state index in [1.54, 1.807) is 0 Å². The summed E-state index contributed by atoms with van der Waals surface area (Å²) in [6.45, 7) is 0. The lowest BCUT2D eigenvalue weighted by Crippen LogP contribution is -2.23. The van der Waals surface area contributed by atoms with Crippen molar-refractivity contribution in [2.45, 2.75) is 28.6 Å². The number of alkyl halides is 1. The van der Waals surface area contributed by atoms with Crippen LogP contribution in [-0.4, -0.2) is 35.4 Å². The lowest BCUT2D eigenvalue weighted by molar-refractivity contribution is -0.139. The van der Waals surface area contributed by atoms with Crippen molar-refractivity contribution in [3.05, 3.63) is 30.1 Å². The Morgan fingerprint density at radius 3 is 2.32 bits per heavy atom. The normalized spacial score (nSPS) is 14.9. The Morgan fingerprint density at radius 2 is 1.84 bits per heavy atom. The third-order valence-electron chi connectivity index (χ3n) is 2.35. The van der Waals surface area contributed by atoms with E-state index in [-0.39, 0.29) is 4.90 Å². The summed E-state index contributed by atoms with van der Waals surface area (Å²) in [5, 5.41) is 17.8. The van der Waals surface area contributed by atoms with Gasteiger partial charge in [0.1, 0.15) is 10.5 Å². The van der Waals surface area contributed by atoms with Crippen LogP contribution in [0.2, 0.25) is 0 Å². The Bertz CT molecular complexity index is 543. The number of hydrogen-bond donors (Lipinski definition) is 2. The number of aliphatic carboxylic acids is 1. The van der Waals surface area contributed by atoms with Crippen molar-refractivity contribution in [1.82, 2.24) is 0 Å². The number of aliphatic hydroxyl groups is 1. The summed E-state index contributed by atoms with van der Waals surface area (Å²) in [4.78, 5) is 10.2. The van der Waals surface area contributed by atoms with Crippen LogP contribution in [0, 0.1) is 5.82 Å². The lowest BCUT2D eigenvalue weighted by atomic mass is 10.2. The van der Waals surface area contributed by atoms with Crippen molar-refractivity contribution in [2.75, 3.05) is 0 Å². The summed E-state index contributed by atoms with van der Waals surface area (Å²) in [6, 6.07) is 4.07. The maximum atomic E-state index is 12.7. The predicted molar refractivity (Wildman–Crippen MR) is 66.1 cm³/mol. The van der Waals surface area contributed by atoms with Gasteiger partial charge in [0.15, 0.2) is 9.84 Å². The van der Waals surface area contributed by atoms with Crippen LogP contribution in [0.1, 0.15) is 12.8 Å². The van der Waals surface area contributed by atoms with Gasteiger partial charge in [0, 0.05) is 6.42 Å². The minimum Gasteiger partial charge on any atom is -0.481 e. The van der Waals surface area contributed by atoms with Crippen LogP contribution in [0.15, 0.2) is 29.2 Å². The molecule has 0 aliphatic heterocycles. The molecule has 0 spiro atoms. The molecule has 2 atom stereocenters. The fourth-order valence-corrected chi connectivity index (χ4v) is 3.20. The fourth-order valence-electron chi connectivity index (χ4n) is 1.40. The van der Waals surface area contributed by atoms with E-state index in [1.807, 2.05) is 0 Å². The van der Waals surface area contributed by atoms with E-state index >= 15 is 0 Å². The number of carbonyl (C=O) groups is 1. The quantitative estimate of drug-likeness (QED) is 0.612. The van der Waals surface area contributed by atoms with Crippen LogP contribution in [0.4, 0.5) is 4.39 Å². The molecule has 8 heteroatoms. The van der Waals surface area contributed by atoms with E-state index in [0.29, 0.717) is 0 Å². The molecule has 1 aromatic carbocycles. The predicted octanol–water partition coefficient (Wildman–Crippen LogP) is 1.39. The van der Waals surface area contributed by atoms with Gasteiger partial charge in [-0.2, -0.15) is 0 Å². The molecule has 0 bridgehead atoms. The molecule has 19 heavy (non-hydrogen) atoms. The second-order valence-electron chi connectivity index (χ2n) is 3.90. The minimum atomic E-state index is -3.94. The molecular formula is C11H12ClFO5S. The molecule has 0 aromatic heterocycles. The molecule has 0 radical (unpaired) electrons. The molecule has 0 saturated carbocycles. The monoisotopic (exact) mass is 310 g/mol. The van der Waals surface area contributed by atoms with Crippen molar-refractivity contribution in [3.8, 4) is 0 Å². The summed E-state index contributed by atoms with van der Waals surface area (Å²) in [5.74, 6) is -1.84. The lowest BCUT2D eigenvalue weighted by Gasteiger charge is -2.14. The van der Waals surface area contributed by atoms with E-state index in [4.69, 9.17) is 16.7 Å². The van der Waals surface area contributed by atoms with Gasteiger partial charge in [0.05, 0.1) is 17.4 Å². The first-order valence-corrected chi connectivity index (χ1v) is 7.25. The van der Waals surface area contributed by atoms with E-state index in [9.17, 15) is 22.7 Å². The Morgan fingerprint density at radius 1 is 1.32 bits per heavy atom. The van der Waals surface area contributed by atoms with Crippen LogP contribution < -0.4 is 0 Å². The fraction of sp³-hybridized carbons (Fsp3) is 0.364. The number of benzene rings is 1. The zero-order chi connectivity index (χ0) is 14.6. The topological polar surface area (TPSA) is 91.7 Å². The Balaban J connectivity index is 2.82. The molecule has 0 amide bonds. The highest BCUT2D eigenvalue weighted by atomic mass is 35.5. The SMILES string of the molecule is O=C(O)CC(O)CC(Cl)S(=O)(=O)c1ccc(F)cc1. The molecule has 2 N–H and O–H groups in total. The van der Waals surface area contributed by atoms with E-state index in [0.717, 1.165) is 24.3 Å². The van der Waals surface area contributed by atoms with Crippen molar-refractivity contribution >= 4 is 27.4 Å². The number of halogens is 2. The van der Waals surface area contributed by atoms with Gasteiger partial charge in [0.2, 0.25) is 0 Å². The highest BCUT2D eigenvalue weighted by Gasteiger charge is 2.28. The standard InChI is InChI=1S/C11H12ClFO5S/c12-10(5-8(14)6-11(15)16)19(17,18)9-3-1-7(13)2-4-9/h1-4,8,10,14H,5-6H2,(H,15,16). The first-order chi connectivity index (χ1) is 8.73. The number of rotatable bonds is 6. The van der Waals surface area contributed by atoms with E-state index in [1.165, 1.54) is 0 Å². The van der Waals surface area contributed by atoms with Gasteiger partial charge in [-0.3, -0.25) is 4.79 Å². The molecule has 0 saturated heterocycles. The molecule has 2 unspecified atom stereocenters. The van der Waals surface area contributed by atoms with E-state index in [2.05, 4.69) is 0 Å². The molecule has 106 valence electrons. The van der Waals surface area contributed by atoms with Crippen LogP contribution in [0.3, 0.4) is 0 Å². The van der Waals surface area contributed by atoms with Gasteiger partial charge in [-0.15, -0.1) is 11.6 Å².